The molecular weight excluding hydrogens is 341 g/mol. The Kier molecular flexibility index (Phi) is 3.69. The average Bonchev–Trinajstić information content (AvgIpc) is 2.48. The molecule has 0 bridgehead atoms. The lowest BCUT2D eigenvalue weighted by Gasteiger charge is -2.18. The summed E-state index contributed by atoms with van der Waals surface area (Å²) in [6.45, 7) is 1.18. The van der Waals surface area contributed by atoms with Gasteiger partial charge in [-0.25, -0.2) is 19.2 Å². The molecule has 0 fully saturated rings. The van der Waals surface area contributed by atoms with Gasteiger partial charge < -0.3 is 10.4 Å². The van der Waals surface area contributed by atoms with Crippen molar-refractivity contribution in [1.82, 2.24) is 15.3 Å². The molecule has 1 aliphatic heterocycles. The number of fused-ring (bicyclic) bond motifs is 1. The van der Waals surface area contributed by atoms with Crippen molar-refractivity contribution in [2.24, 2.45) is 0 Å². The van der Waals surface area contributed by atoms with Gasteiger partial charge in [0.05, 0.1) is 5.69 Å². The lowest BCUT2D eigenvalue weighted by molar-refractivity contribution is 0.0688. The van der Waals surface area contributed by atoms with Crippen LogP contribution in [0.3, 0.4) is 0 Å². The highest BCUT2D eigenvalue weighted by Crippen LogP contribution is 2.28. The van der Waals surface area contributed by atoms with Crippen LogP contribution < -0.4 is 5.32 Å². The Bertz CT molecular complexity index is 736. The van der Waals surface area contributed by atoms with Crippen LogP contribution >= 0.6 is 15.9 Å². The topological polar surface area (TPSA) is 75.1 Å². The molecule has 108 valence electrons. The van der Waals surface area contributed by atoms with Gasteiger partial charge in [0.15, 0.2) is 11.5 Å². The highest BCUT2D eigenvalue weighted by atomic mass is 79.9. The third kappa shape index (κ3) is 2.66. The van der Waals surface area contributed by atoms with Crippen molar-refractivity contribution in [3.05, 3.63) is 45.4 Å². The smallest absolute Gasteiger partial charge is 0.354 e. The number of rotatable bonds is 2. The van der Waals surface area contributed by atoms with Crippen LogP contribution in [0, 0.1) is 5.82 Å². The number of nitrogens with one attached hydrogen (secondary N) is 1. The van der Waals surface area contributed by atoms with E-state index in [1.807, 2.05) is 0 Å². The van der Waals surface area contributed by atoms with Gasteiger partial charge in [-0.05, 0) is 31.2 Å². The second kappa shape index (κ2) is 5.50. The van der Waals surface area contributed by atoms with Crippen LogP contribution in [0.4, 0.5) is 4.39 Å². The normalized spacial score (nSPS) is 13.8. The number of aromatic carboxylic acids is 1. The lowest BCUT2D eigenvalue weighted by Crippen LogP contribution is -2.27. The predicted octanol–water partition coefficient (Wildman–Crippen LogP) is 2.39. The molecular formula is C14H11BrFN3O2. The van der Waals surface area contributed by atoms with Crippen LogP contribution in [-0.2, 0) is 13.0 Å². The van der Waals surface area contributed by atoms with Crippen molar-refractivity contribution in [3.8, 4) is 11.4 Å². The summed E-state index contributed by atoms with van der Waals surface area (Å²) in [4.78, 5) is 19.9. The second-order valence-electron chi connectivity index (χ2n) is 4.68. The number of nitrogens with zero attached hydrogens (tertiary/aromatic N) is 2. The molecule has 7 heteroatoms. The summed E-state index contributed by atoms with van der Waals surface area (Å²) in [5.74, 6) is -1.31. The van der Waals surface area contributed by atoms with Gasteiger partial charge >= 0.3 is 5.97 Å². The molecule has 0 atom stereocenters. The SMILES string of the molecule is O=C(O)c1nc(-c2cc(F)ccc2Br)nc2c1CCNC2. The van der Waals surface area contributed by atoms with Crippen molar-refractivity contribution in [2.45, 2.75) is 13.0 Å². The van der Waals surface area contributed by atoms with E-state index in [9.17, 15) is 14.3 Å². The summed E-state index contributed by atoms with van der Waals surface area (Å²) in [5, 5.41) is 12.5. The maximum atomic E-state index is 13.4. The van der Waals surface area contributed by atoms with Crippen molar-refractivity contribution in [2.75, 3.05) is 6.54 Å². The molecule has 1 aromatic carbocycles. The zero-order chi connectivity index (χ0) is 15.0. The van der Waals surface area contributed by atoms with Gasteiger partial charge in [0.1, 0.15) is 5.82 Å². The maximum absolute atomic E-state index is 13.4. The monoisotopic (exact) mass is 351 g/mol. The highest BCUT2D eigenvalue weighted by Gasteiger charge is 2.22. The second-order valence-corrected chi connectivity index (χ2v) is 5.53. The standard InChI is InChI=1S/C14H11BrFN3O2/c15-10-2-1-7(16)5-9(10)13-18-11-6-17-4-3-8(11)12(19-13)14(20)21/h1-2,5,17H,3-4,6H2,(H,20,21). The van der Waals surface area contributed by atoms with E-state index in [4.69, 9.17) is 0 Å². The quantitative estimate of drug-likeness (QED) is 0.868. The van der Waals surface area contributed by atoms with E-state index in [-0.39, 0.29) is 11.5 Å². The van der Waals surface area contributed by atoms with Gasteiger partial charge in [0, 0.05) is 22.1 Å². The minimum atomic E-state index is -1.09. The van der Waals surface area contributed by atoms with Gasteiger partial charge in [0.25, 0.3) is 0 Å². The summed E-state index contributed by atoms with van der Waals surface area (Å²) in [6, 6.07) is 4.14. The van der Waals surface area contributed by atoms with Crippen molar-refractivity contribution < 1.29 is 14.3 Å². The van der Waals surface area contributed by atoms with E-state index in [2.05, 4.69) is 31.2 Å². The van der Waals surface area contributed by atoms with Gasteiger partial charge in [-0.2, -0.15) is 0 Å². The first-order valence-electron chi connectivity index (χ1n) is 6.35. The first kappa shape index (κ1) is 14.1. The molecule has 21 heavy (non-hydrogen) atoms. The summed E-state index contributed by atoms with van der Waals surface area (Å²) < 4.78 is 14.0. The molecule has 2 N–H and O–H groups in total. The van der Waals surface area contributed by atoms with Crippen LogP contribution in [-0.4, -0.2) is 27.6 Å². The average molecular weight is 352 g/mol. The predicted molar refractivity (Wildman–Crippen MR) is 77.5 cm³/mol. The number of benzene rings is 1. The van der Waals surface area contributed by atoms with Crippen LogP contribution in [0.1, 0.15) is 21.7 Å². The van der Waals surface area contributed by atoms with E-state index in [1.54, 1.807) is 6.07 Å². The molecule has 5 nitrogen and oxygen atoms in total. The Morgan fingerprint density at radius 2 is 2.19 bits per heavy atom. The third-order valence-corrected chi connectivity index (χ3v) is 4.00. The van der Waals surface area contributed by atoms with Gasteiger partial charge in [-0.3, -0.25) is 0 Å². The molecule has 2 aromatic rings. The summed E-state index contributed by atoms with van der Waals surface area (Å²) in [6.07, 6.45) is 0.571. The minimum absolute atomic E-state index is 0.00680. The first-order valence-corrected chi connectivity index (χ1v) is 7.15. The highest BCUT2D eigenvalue weighted by molar-refractivity contribution is 9.10. The minimum Gasteiger partial charge on any atom is -0.476 e. The van der Waals surface area contributed by atoms with E-state index in [0.717, 1.165) is 0 Å². The van der Waals surface area contributed by atoms with E-state index < -0.39 is 11.8 Å². The molecule has 0 saturated carbocycles. The van der Waals surface area contributed by atoms with E-state index in [1.165, 1.54) is 12.1 Å². The molecule has 0 aliphatic carbocycles. The Balaban J connectivity index is 2.22. The molecule has 3 rings (SSSR count). The number of carboxylic acids is 1. The number of aromatic nitrogens is 2. The molecule has 2 heterocycles. The Morgan fingerprint density at radius 3 is 2.95 bits per heavy atom. The largest absolute Gasteiger partial charge is 0.476 e. The molecule has 0 amide bonds. The van der Waals surface area contributed by atoms with Crippen LogP contribution in [0.5, 0.6) is 0 Å². The lowest BCUT2D eigenvalue weighted by atomic mass is 10.0. The Hall–Kier alpha value is -1.86. The number of carbonyl (C=O) groups is 1. The fraction of sp³-hybridized carbons (Fsp3) is 0.214. The molecule has 0 saturated heterocycles. The summed E-state index contributed by atoms with van der Waals surface area (Å²) >= 11 is 3.32. The zero-order valence-electron chi connectivity index (χ0n) is 10.9. The Morgan fingerprint density at radius 1 is 1.38 bits per heavy atom. The first-order chi connectivity index (χ1) is 10.1. The summed E-state index contributed by atoms with van der Waals surface area (Å²) in [7, 11) is 0. The van der Waals surface area contributed by atoms with Gasteiger partial charge in [-0.15, -0.1) is 0 Å². The zero-order valence-corrected chi connectivity index (χ0v) is 12.4. The molecule has 0 radical (unpaired) electrons. The molecule has 1 aromatic heterocycles. The van der Waals surface area contributed by atoms with Crippen molar-refractivity contribution in [1.29, 1.82) is 0 Å². The molecule has 1 aliphatic rings. The number of hydrogen-bond donors (Lipinski definition) is 2. The van der Waals surface area contributed by atoms with Gasteiger partial charge in [-0.1, -0.05) is 15.9 Å². The van der Waals surface area contributed by atoms with E-state index in [0.29, 0.717) is 40.8 Å². The Labute approximate surface area is 128 Å². The van der Waals surface area contributed by atoms with Crippen LogP contribution in [0.25, 0.3) is 11.4 Å². The van der Waals surface area contributed by atoms with Crippen molar-refractivity contribution in [3.63, 3.8) is 0 Å². The van der Waals surface area contributed by atoms with Gasteiger partial charge in [0.2, 0.25) is 0 Å². The summed E-state index contributed by atoms with van der Waals surface area (Å²) in [5.41, 5.74) is 1.73. The number of carboxylic acid groups (broad SMARTS) is 1. The number of hydrogen-bond acceptors (Lipinski definition) is 4. The molecule has 0 unspecified atom stereocenters. The maximum Gasteiger partial charge on any atom is 0.354 e. The fourth-order valence-corrected chi connectivity index (χ4v) is 2.75. The van der Waals surface area contributed by atoms with E-state index >= 15 is 0 Å². The fourth-order valence-electron chi connectivity index (χ4n) is 2.33. The molecule has 0 spiro atoms. The van der Waals surface area contributed by atoms with Crippen molar-refractivity contribution >= 4 is 21.9 Å². The van der Waals surface area contributed by atoms with Crippen LogP contribution in [0.2, 0.25) is 0 Å². The number of halogens is 2. The van der Waals surface area contributed by atoms with Crippen LogP contribution in [0.15, 0.2) is 22.7 Å². The third-order valence-electron chi connectivity index (χ3n) is 3.31.